The molecule has 148 valence electrons. The number of nitrogens with two attached hydrogens (primary N) is 2. The lowest BCUT2D eigenvalue weighted by Gasteiger charge is -2.31. The fourth-order valence-corrected chi connectivity index (χ4v) is 4.81. The van der Waals surface area contributed by atoms with Gasteiger partial charge in [0.1, 0.15) is 5.54 Å². The van der Waals surface area contributed by atoms with Gasteiger partial charge in [0.25, 0.3) is 0 Å². The molecule has 0 aromatic rings. The van der Waals surface area contributed by atoms with E-state index in [1.807, 2.05) is 13.8 Å². The van der Waals surface area contributed by atoms with Gasteiger partial charge >= 0.3 is 13.1 Å². The molecule has 1 amide bonds. The maximum Gasteiger partial charge on any atom is 0.451 e. The maximum atomic E-state index is 12.2. The minimum atomic E-state index is -1.39. The van der Waals surface area contributed by atoms with Gasteiger partial charge in [-0.25, -0.2) is 0 Å². The van der Waals surface area contributed by atoms with Gasteiger partial charge in [-0.2, -0.15) is 0 Å². The number of amides is 1. The molecule has 0 radical (unpaired) electrons. The van der Waals surface area contributed by atoms with Crippen molar-refractivity contribution in [1.82, 2.24) is 5.32 Å². The van der Waals surface area contributed by atoms with Crippen LogP contribution in [0.5, 0.6) is 0 Å². The van der Waals surface area contributed by atoms with Crippen LogP contribution in [0, 0.1) is 23.7 Å². The van der Waals surface area contributed by atoms with Gasteiger partial charge in [0.2, 0.25) is 5.91 Å². The third kappa shape index (κ3) is 4.39. The lowest BCUT2D eigenvalue weighted by molar-refractivity contribution is -0.145. The minimum absolute atomic E-state index is 0.00780. The molecule has 9 heteroatoms. The lowest BCUT2D eigenvalue weighted by atomic mass is 9.75. The van der Waals surface area contributed by atoms with E-state index < -0.39 is 24.7 Å². The molecule has 0 aromatic carbocycles. The first-order valence-corrected chi connectivity index (χ1v) is 9.50. The molecule has 2 rings (SSSR count). The fraction of sp³-hybridized carbons (Fsp3) is 0.882. The number of carboxylic acid groups (broad SMARTS) is 1. The molecule has 26 heavy (non-hydrogen) atoms. The summed E-state index contributed by atoms with van der Waals surface area (Å²) in [4.78, 5) is 24.0. The van der Waals surface area contributed by atoms with Crippen LogP contribution < -0.4 is 16.8 Å². The smallest absolute Gasteiger partial charge is 0.451 e. The monoisotopic (exact) mass is 369 g/mol. The third-order valence-corrected chi connectivity index (χ3v) is 6.27. The van der Waals surface area contributed by atoms with Crippen molar-refractivity contribution in [2.75, 3.05) is 0 Å². The Morgan fingerprint density at radius 1 is 1.31 bits per heavy atom. The topological polar surface area (TPSA) is 159 Å². The third-order valence-electron chi connectivity index (χ3n) is 6.27. The van der Waals surface area contributed by atoms with E-state index >= 15 is 0 Å². The summed E-state index contributed by atoms with van der Waals surface area (Å²) in [5.74, 6) is -1.07. The lowest BCUT2D eigenvalue weighted by Crippen LogP contribution is -2.53. The van der Waals surface area contributed by atoms with E-state index in [-0.39, 0.29) is 41.9 Å². The molecular weight excluding hydrogens is 337 g/mol. The van der Waals surface area contributed by atoms with Crippen molar-refractivity contribution in [3.05, 3.63) is 0 Å². The number of carbonyl (C=O) groups excluding carboxylic acids is 1. The largest absolute Gasteiger partial charge is 0.480 e. The Hall–Kier alpha value is -1.16. The van der Waals surface area contributed by atoms with Gasteiger partial charge in [0, 0.05) is 6.04 Å². The molecule has 1 unspecified atom stereocenters. The highest BCUT2D eigenvalue weighted by Gasteiger charge is 2.58. The van der Waals surface area contributed by atoms with Gasteiger partial charge in [0.05, 0.1) is 6.04 Å². The van der Waals surface area contributed by atoms with E-state index in [1.165, 1.54) is 0 Å². The highest BCUT2D eigenvalue weighted by atomic mass is 16.4. The van der Waals surface area contributed by atoms with Crippen LogP contribution in [0.2, 0.25) is 6.32 Å². The number of hydrogen-bond donors (Lipinski definition) is 6. The summed E-state index contributed by atoms with van der Waals surface area (Å²) < 4.78 is 0. The number of hydrogen-bond acceptors (Lipinski definition) is 6. The van der Waals surface area contributed by atoms with E-state index in [2.05, 4.69) is 5.32 Å². The SMILES string of the molecule is CC(C)C(N)C(=O)N[C@H]1C[C@@H]2C[C@@](N)(C(=O)O)[C@@H](CCCB(O)O)[C@@H]2C1. The van der Waals surface area contributed by atoms with Crippen molar-refractivity contribution in [3.8, 4) is 0 Å². The van der Waals surface area contributed by atoms with E-state index in [0.717, 1.165) is 0 Å². The van der Waals surface area contributed by atoms with Crippen molar-refractivity contribution in [2.45, 2.75) is 69.9 Å². The van der Waals surface area contributed by atoms with Crippen LogP contribution in [-0.4, -0.2) is 51.8 Å². The Kier molecular flexibility index (Phi) is 6.71. The van der Waals surface area contributed by atoms with Crippen LogP contribution in [0.15, 0.2) is 0 Å². The summed E-state index contributed by atoms with van der Waals surface area (Å²) in [6.07, 6.45) is 3.04. The average Bonchev–Trinajstić information content (AvgIpc) is 3.02. The van der Waals surface area contributed by atoms with E-state index in [0.29, 0.717) is 32.1 Å². The average molecular weight is 369 g/mol. The first-order valence-electron chi connectivity index (χ1n) is 9.50. The van der Waals surface area contributed by atoms with E-state index in [9.17, 15) is 14.7 Å². The summed E-state index contributed by atoms with van der Waals surface area (Å²) in [5, 5.41) is 30.7. The number of rotatable bonds is 8. The Morgan fingerprint density at radius 2 is 1.96 bits per heavy atom. The minimum Gasteiger partial charge on any atom is -0.480 e. The molecule has 8 nitrogen and oxygen atoms in total. The van der Waals surface area contributed by atoms with Gasteiger partial charge in [-0.1, -0.05) is 20.3 Å². The Labute approximate surface area is 154 Å². The summed E-state index contributed by atoms with van der Waals surface area (Å²) in [6.45, 7) is 3.80. The van der Waals surface area contributed by atoms with Crippen molar-refractivity contribution in [1.29, 1.82) is 0 Å². The molecule has 2 aliphatic rings. The van der Waals surface area contributed by atoms with Crippen molar-refractivity contribution < 1.29 is 24.7 Å². The summed E-state index contributed by atoms with van der Waals surface area (Å²) >= 11 is 0. The van der Waals surface area contributed by atoms with Gasteiger partial charge in [-0.15, -0.1) is 0 Å². The number of aliphatic carboxylic acids is 1. The zero-order valence-corrected chi connectivity index (χ0v) is 15.6. The number of fused-ring (bicyclic) bond motifs is 1. The zero-order valence-electron chi connectivity index (χ0n) is 15.6. The molecule has 8 N–H and O–H groups in total. The molecule has 6 atom stereocenters. The van der Waals surface area contributed by atoms with Crippen LogP contribution in [0.3, 0.4) is 0 Å². The molecule has 0 aromatic heterocycles. The van der Waals surface area contributed by atoms with Crippen molar-refractivity contribution >= 4 is 19.0 Å². The van der Waals surface area contributed by atoms with Gasteiger partial charge in [-0.3, -0.25) is 9.59 Å². The second-order valence-corrected chi connectivity index (χ2v) is 8.44. The van der Waals surface area contributed by atoms with E-state index in [1.54, 1.807) is 0 Å². The van der Waals surface area contributed by atoms with Crippen LogP contribution >= 0.6 is 0 Å². The van der Waals surface area contributed by atoms with Crippen molar-refractivity contribution in [3.63, 3.8) is 0 Å². The molecule has 2 fully saturated rings. The van der Waals surface area contributed by atoms with Crippen LogP contribution in [0.4, 0.5) is 0 Å². The molecule has 2 aliphatic carbocycles. The Balaban J connectivity index is 2.02. The molecule has 0 spiro atoms. The van der Waals surface area contributed by atoms with Gasteiger partial charge < -0.3 is 31.9 Å². The Morgan fingerprint density at radius 3 is 2.50 bits per heavy atom. The van der Waals surface area contributed by atoms with Crippen LogP contribution in [0.25, 0.3) is 0 Å². The maximum absolute atomic E-state index is 12.2. The number of carboxylic acids is 1. The zero-order chi connectivity index (χ0) is 19.6. The quantitative estimate of drug-likeness (QED) is 0.316. The highest BCUT2D eigenvalue weighted by molar-refractivity contribution is 6.40. The van der Waals surface area contributed by atoms with Gasteiger partial charge in [-0.05, 0) is 55.7 Å². The molecule has 0 heterocycles. The van der Waals surface area contributed by atoms with Crippen molar-refractivity contribution in [2.24, 2.45) is 35.1 Å². The second-order valence-electron chi connectivity index (χ2n) is 8.44. The second kappa shape index (κ2) is 8.25. The van der Waals surface area contributed by atoms with E-state index in [4.69, 9.17) is 21.5 Å². The molecular formula is C17H32BN3O5. The van der Waals surface area contributed by atoms with Crippen LogP contribution in [-0.2, 0) is 9.59 Å². The predicted molar refractivity (Wildman–Crippen MR) is 97.9 cm³/mol. The summed E-state index contributed by atoms with van der Waals surface area (Å²) in [5.41, 5.74) is 10.9. The summed E-state index contributed by atoms with van der Waals surface area (Å²) in [6, 6.07) is -0.559. The number of nitrogens with one attached hydrogen (secondary N) is 1. The molecule has 0 bridgehead atoms. The molecule has 2 saturated carbocycles. The number of carbonyl (C=O) groups is 2. The first kappa shape index (κ1) is 21.1. The molecule has 0 saturated heterocycles. The fourth-order valence-electron chi connectivity index (χ4n) is 4.81. The molecule has 0 aliphatic heterocycles. The van der Waals surface area contributed by atoms with Gasteiger partial charge in [0.15, 0.2) is 0 Å². The predicted octanol–water partition coefficient (Wildman–Crippen LogP) is -0.464. The standard InChI is InChI=1S/C17H32BN3O5/c1-9(2)14(19)15(22)21-11-6-10-8-17(20,16(23)24)13(12(10)7-11)4-3-5-18(25)26/h9-14,25-26H,3-8,19-20H2,1-2H3,(H,21,22)(H,23,24)/t10-,11+,12-,13+,14?,17+/m1/s1. The van der Waals surface area contributed by atoms with Crippen LogP contribution in [0.1, 0.15) is 46.0 Å². The highest BCUT2D eigenvalue weighted by Crippen LogP contribution is 2.53. The summed E-state index contributed by atoms with van der Waals surface area (Å²) in [7, 11) is -1.39. The first-order chi connectivity index (χ1) is 12.1. The Bertz CT molecular complexity index is 533. The normalized spacial score (nSPS) is 34.6.